The lowest BCUT2D eigenvalue weighted by atomic mass is 9.94. The van der Waals surface area contributed by atoms with E-state index in [9.17, 15) is 0 Å². The number of hydrogen-bond acceptors (Lipinski definition) is 1. The molecule has 3 aromatic carbocycles. The van der Waals surface area contributed by atoms with Crippen LogP contribution in [0, 0.1) is 13.8 Å². The highest BCUT2D eigenvalue weighted by atomic mass is 79.9. The smallest absolute Gasteiger partial charge is 0.141 e. The van der Waals surface area contributed by atoms with Crippen LogP contribution in [0.4, 0.5) is 0 Å². The Morgan fingerprint density at radius 1 is 0.885 bits per heavy atom. The summed E-state index contributed by atoms with van der Waals surface area (Å²) in [5, 5.41) is 0. The molecule has 4 aromatic rings. The molecule has 2 nitrogen and oxygen atoms in total. The fourth-order valence-corrected chi connectivity index (χ4v) is 4.01. The van der Waals surface area contributed by atoms with E-state index in [1.165, 1.54) is 33.3 Å². The van der Waals surface area contributed by atoms with Gasteiger partial charge in [-0.3, -0.25) is 0 Å². The Kier molecular flexibility index (Phi) is 4.41. The van der Waals surface area contributed by atoms with Crippen molar-refractivity contribution in [3.05, 3.63) is 76.3 Å². The topological polar surface area (TPSA) is 17.8 Å². The summed E-state index contributed by atoms with van der Waals surface area (Å²) < 4.78 is 3.35. The van der Waals surface area contributed by atoms with Gasteiger partial charge in [-0.15, -0.1) is 0 Å². The van der Waals surface area contributed by atoms with Gasteiger partial charge in [0, 0.05) is 16.6 Å². The molecular weight excluding hydrogens is 384 g/mol. The molecule has 1 heterocycles. The van der Waals surface area contributed by atoms with Crippen molar-refractivity contribution in [3.63, 3.8) is 0 Å². The number of benzene rings is 3. The third-order valence-corrected chi connectivity index (χ3v) is 5.36. The molecule has 130 valence electrons. The number of fused-ring (bicyclic) bond motifs is 1. The maximum atomic E-state index is 4.98. The van der Waals surface area contributed by atoms with Crippen molar-refractivity contribution in [1.82, 2.24) is 9.55 Å². The maximum Gasteiger partial charge on any atom is 0.141 e. The zero-order valence-electron chi connectivity index (χ0n) is 15.3. The second-order valence-electron chi connectivity index (χ2n) is 6.68. The van der Waals surface area contributed by atoms with Gasteiger partial charge in [0.15, 0.2) is 0 Å². The molecule has 0 saturated heterocycles. The average molecular weight is 405 g/mol. The number of nitrogens with zero attached hydrogens (tertiary/aromatic N) is 2. The van der Waals surface area contributed by atoms with Gasteiger partial charge in [0.1, 0.15) is 5.82 Å². The summed E-state index contributed by atoms with van der Waals surface area (Å²) in [6, 6.07) is 21.5. The van der Waals surface area contributed by atoms with Gasteiger partial charge in [-0.1, -0.05) is 64.0 Å². The molecule has 0 aliphatic rings. The third-order valence-electron chi connectivity index (χ3n) is 4.87. The highest BCUT2D eigenvalue weighted by Crippen LogP contribution is 2.35. The van der Waals surface area contributed by atoms with E-state index in [1.54, 1.807) is 0 Å². The van der Waals surface area contributed by atoms with Crippen LogP contribution in [0.2, 0.25) is 0 Å². The minimum Gasteiger partial charge on any atom is -0.324 e. The van der Waals surface area contributed by atoms with Gasteiger partial charge < -0.3 is 4.57 Å². The molecule has 0 unspecified atom stereocenters. The average Bonchev–Trinajstić information content (AvgIpc) is 2.99. The summed E-state index contributed by atoms with van der Waals surface area (Å²) in [4.78, 5) is 4.98. The molecule has 0 aliphatic carbocycles. The van der Waals surface area contributed by atoms with Crippen molar-refractivity contribution in [1.29, 1.82) is 0 Å². The van der Waals surface area contributed by atoms with Crippen molar-refractivity contribution in [2.24, 2.45) is 0 Å². The van der Waals surface area contributed by atoms with Crippen LogP contribution in [0.5, 0.6) is 0 Å². The zero-order valence-corrected chi connectivity index (χ0v) is 16.8. The van der Waals surface area contributed by atoms with Crippen molar-refractivity contribution in [2.45, 2.75) is 27.3 Å². The Labute approximate surface area is 162 Å². The Balaban J connectivity index is 1.99. The standard InChI is InChI=1S/C23H21BrN2/c1-4-26-22-12-10-17(24)14-21(22)25-23(26)20-8-6-5-7-19(20)18-11-9-15(2)13-16(18)3/h5-14H,4H2,1-3H3. The van der Waals surface area contributed by atoms with Crippen LogP contribution in [0.25, 0.3) is 33.5 Å². The van der Waals surface area contributed by atoms with Crippen LogP contribution in [-0.2, 0) is 6.54 Å². The third kappa shape index (κ3) is 2.86. The molecule has 0 amide bonds. The van der Waals surface area contributed by atoms with Crippen LogP contribution < -0.4 is 0 Å². The molecule has 0 radical (unpaired) electrons. The van der Waals surface area contributed by atoms with Crippen LogP contribution in [-0.4, -0.2) is 9.55 Å². The summed E-state index contributed by atoms with van der Waals surface area (Å²) >= 11 is 3.56. The number of aromatic nitrogens is 2. The number of hydrogen-bond donors (Lipinski definition) is 0. The molecule has 0 N–H and O–H groups in total. The minimum absolute atomic E-state index is 0.884. The molecule has 0 bridgehead atoms. The summed E-state index contributed by atoms with van der Waals surface area (Å²) in [6.07, 6.45) is 0. The van der Waals surface area contributed by atoms with Gasteiger partial charge in [0.2, 0.25) is 0 Å². The molecule has 0 saturated carbocycles. The first-order valence-electron chi connectivity index (χ1n) is 8.91. The molecule has 0 spiro atoms. The van der Waals surface area contributed by atoms with Gasteiger partial charge in [0.25, 0.3) is 0 Å². The summed E-state index contributed by atoms with van der Waals surface area (Å²) in [6.45, 7) is 7.37. The molecule has 4 rings (SSSR count). The molecule has 0 fully saturated rings. The van der Waals surface area contributed by atoms with Crippen molar-refractivity contribution in [2.75, 3.05) is 0 Å². The van der Waals surface area contributed by atoms with E-state index in [-0.39, 0.29) is 0 Å². The lowest BCUT2D eigenvalue weighted by Gasteiger charge is -2.14. The van der Waals surface area contributed by atoms with E-state index in [0.717, 1.165) is 22.4 Å². The molecule has 1 aromatic heterocycles. The van der Waals surface area contributed by atoms with Crippen molar-refractivity contribution < 1.29 is 0 Å². The van der Waals surface area contributed by atoms with E-state index in [2.05, 4.69) is 102 Å². The highest BCUT2D eigenvalue weighted by molar-refractivity contribution is 9.10. The first-order valence-corrected chi connectivity index (χ1v) is 9.70. The maximum absolute atomic E-state index is 4.98. The predicted molar refractivity (Wildman–Crippen MR) is 113 cm³/mol. The number of imidazole rings is 1. The van der Waals surface area contributed by atoms with Crippen LogP contribution in [0.3, 0.4) is 0 Å². The van der Waals surface area contributed by atoms with Crippen molar-refractivity contribution in [3.8, 4) is 22.5 Å². The van der Waals surface area contributed by atoms with Crippen LogP contribution in [0.15, 0.2) is 65.1 Å². The van der Waals surface area contributed by atoms with Crippen LogP contribution >= 0.6 is 15.9 Å². The van der Waals surface area contributed by atoms with E-state index in [4.69, 9.17) is 4.98 Å². The largest absolute Gasteiger partial charge is 0.324 e. The van der Waals surface area contributed by atoms with E-state index in [0.29, 0.717) is 0 Å². The van der Waals surface area contributed by atoms with Gasteiger partial charge >= 0.3 is 0 Å². The molecule has 0 atom stereocenters. The zero-order chi connectivity index (χ0) is 18.3. The van der Waals surface area contributed by atoms with E-state index in [1.807, 2.05) is 0 Å². The monoisotopic (exact) mass is 404 g/mol. The van der Waals surface area contributed by atoms with Gasteiger partial charge in [-0.2, -0.15) is 0 Å². The second kappa shape index (κ2) is 6.73. The Hall–Kier alpha value is -2.39. The second-order valence-corrected chi connectivity index (χ2v) is 7.59. The fourth-order valence-electron chi connectivity index (χ4n) is 3.66. The Bertz CT molecular complexity index is 1110. The van der Waals surface area contributed by atoms with E-state index >= 15 is 0 Å². The minimum atomic E-state index is 0.884. The molecule has 0 aliphatic heterocycles. The fraction of sp³-hybridized carbons (Fsp3) is 0.174. The first-order chi connectivity index (χ1) is 12.6. The lowest BCUT2D eigenvalue weighted by Crippen LogP contribution is -1.99. The summed E-state index contributed by atoms with van der Waals surface area (Å²) in [7, 11) is 0. The quantitative estimate of drug-likeness (QED) is 0.368. The van der Waals surface area contributed by atoms with Crippen molar-refractivity contribution >= 4 is 27.0 Å². The first kappa shape index (κ1) is 17.0. The van der Waals surface area contributed by atoms with E-state index < -0.39 is 0 Å². The Morgan fingerprint density at radius 2 is 1.65 bits per heavy atom. The lowest BCUT2D eigenvalue weighted by molar-refractivity contribution is 0.796. The van der Waals surface area contributed by atoms with Gasteiger partial charge in [-0.25, -0.2) is 4.98 Å². The molecule has 26 heavy (non-hydrogen) atoms. The summed E-state index contributed by atoms with van der Waals surface area (Å²) in [5.41, 5.74) is 8.44. The van der Waals surface area contributed by atoms with Gasteiger partial charge in [0.05, 0.1) is 11.0 Å². The normalized spacial score (nSPS) is 11.2. The van der Waals surface area contributed by atoms with Gasteiger partial charge in [-0.05, 0) is 55.7 Å². The number of halogens is 1. The molecule has 3 heteroatoms. The van der Waals surface area contributed by atoms with Crippen LogP contribution in [0.1, 0.15) is 18.1 Å². The molecular formula is C23H21BrN2. The highest BCUT2D eigenvalue weighted by Gasteiger charge is 2.16. The number of rotatable bonds is 3. The summed E-state index contributed by atoms with van der Waals surface area (Å²) in [5.74, 6) is 1.02. The Morgan fingerprint density at radius 3 is 2.38 bits per heavy atom. The predicted octanol–water partition coefficient (Wildman–Crippen LogP) is 6.77. The number of aryl methyl sites for hydroxylation is 3. The SMILES string of the molecule is CCn1c(-c2ccccc2-c2ccc(C)cc2C)nc2cc(Br)ccc21.